The van der Waals surface area contributed by atoms with Crippen molar-refractivity contribution in [3.8, 4) is 5.75 Å². The summed E-state index contributed by atoms with van der Waals surface area (Å²) in [6.45, 7) is 4.05. The molecule has 112 valence electrons. The summed E-state index contributed by atoms with van der Waals surface area (Å²) in [4.78, 5) is -0.0111. The molecule has 0 aromatic heterocycles. The highest BCUT2D eigenvalue weighted by Crippen LogP contribution is 2.31. The lowest BCUT2D eigenvalue weighted by molar-refractivity contribution is 0.295. The van der Waals surface area contributed by atoms with E-state index in [9.17, 15) is 8.42 Å². The number of rotatable bonds is 4. The van der Waals surface area contributed by atoms with Crippen LogP contribution in [0.2, 0.25) is 0 Å². The Labute approximate surface area is 133 Å². The van der Waals surface area contributed by atoms with Crippen LogP contribution in [-0.2, 0) is 16.6 Å². The minimum Gasteiger partial charge on any atom is -0.487 e. The monoisotopic (exact) mass is 369 g/mol. The number of aryl methyl sites for hydroxylation is 2. The predicted molar refractivity (Wildman–Crippen MR) is 85.8 cm³/mol. The van der Waals surface area contributed by atoms with Gasteiger partial charge in [0.2, 0.25) is 10.0 Å². The third kappa shape index (κ3) is 3.84. The van der Waals surface area contributed by atoms with E-state index in [1.54, 1.807) is 13.0 Å². The molecule has 2 aromatic carbocycles. The SMILES string of the molecule is Cc1ccccc1COc1c(C)cc(Br)cc1S(N)(=O)=O. The maximum absolute atomic E-state index is 11.7. The van der Waals surface area contributed by atoms with E-state index in [4.69, 9.17) is 9.88 Å². The van der Waals surface area contributed by atoms with Gasteiger partial charge >= 0.3 is 0 Å². The van der Waals surface area contributed by atoms with Gasteiger partial charge in [0.05, 0.1) is 0 Å². The van der Waals surface area contributed by atoms with Gasteiger partial charge in [0.1, 0.15) is 17.3 Å². The molecule has 21 heavy (non-hydrogen) atoms. The van der Waals surface area contributed by atoms with E-state index in [0.717, 1.165) is 11.1 Å². The Kier molecular flexibility index (Phi) is 4.70. The first-order chi connectivity index (χ1) is 9.79. The van der Waals surface area contributed by atoms with Gasteiger partial charge in [-0.1, -0.05) is 40.2 Å². The van der Waals surface area contributed by atoms with E-state index >= 15 is 0 Å². The van der Waals surface area contributed by atoms with Crippen molar-refractivity contribution in [3.63, 3.8) is 0 Å². The molecule has 0 aliphatic carbocycles. The zero-order chi connectivity index (χ0) is 15.6. The average molecular weight is 370 g/mol. The molecular weight excluding hydrogens is 354 g/mol. The second-order valence-electron chi connectivity index (χ2n) is 4.81. The molecule has 0 radical (unpaired) electrons. The molecule has 0 saturated heterocycles. The van der Waals surface area contributed by atoms with Gasteiger partial charge in [-0.2, -0.15) is 0 Å². The van der Waals surface area contributed by atoms with E-state index in [2.05, 4.69) is 15.9 Å². The molecule has 0 atom stereocenters. The summed E-state index contributed by atoms with van der Waals surface area (Å²) in [6.07, 6.45) is 0. The molecule has 0 saturated carbocycles. The van der Waals surface area contributed by atoms with E-state index in [-0.39, 0.29) is 11.5 Å². The summed E-state index contributed by atoms with van der Waals surface area (Å²) in [6, 6.07) is 11.0. The van der Waals surface area contributed by atoms with Crippen molar-refractivity contribution in [1.29, 1.82) is 0 Å². The van der Waals surface area contributed by atoms with Crippen molar-refractivity contribution in [2.24, 2.45) is 5.14 Å². The van der Waals surface area contributed by atoms with E-state index in [1.807, 2.05) is 31.2 Å². The maximum atomic E-state index is 11.7. The molecule has 2 N–H and O–H groups in total. The van der Waals surface area contributed by atoms with Crippen molar-refractivity contribution in [2.75, 3.05) is 0 Å². The molecule has 0 fully saturated rings. The van der Waals surface area contributed by atoms with E-state index in [0.29, 0.717) is 15.8 Å². The highest BCUT2D eigenvalue weighted by atomic mass is 79.9. The fourth-order valence-electron chi connectivity index (χ4n) is 2.02. The van der Waals surface area contributed by atoms with Crippen LogP contribution in [0.1, 0.15) is 16.7 Å². The van der Waals surface area contributed by atoms with Gasteiger partial charge < -0.3 is 4.74 Å². The molecular formula is C15H16BrNO3S. The number of nitrogens with two attached hydrogens (primary N) is 1. The van der Waals surface area contributed by atoms with Crippen molar-refractivity contribution >= 4 is 26.0 Å². The van der Waals surface area contributed by atoms with E-state index in [1.165, 1.54) is 6.07 Å². The highest BCUT2D eigenvalue weighted by Gasteiger charge is 2.18. The largest absolute Gasteiger partial charge is 0.487 e. The van der Waals surface area contributed by atoms with Gasteiger partial charge in [-0.25, -0.2) is 13.6 Å². The molecule has 2 rings (SSSR count). The molecule has 4 nitrogen and oxygen atoms in total. The number of hydrogen-bond acceptors (Lipinski definition) is 3. The first kappa shape index (κ1) is 16.0. The first-order valence-corrected chi connectivity index (χ1v) is 8.63. The fraction of sp³-hybridized carbons (Fsp3) is 0.200. The molecule has 2 aromatic rings. The van der Waals surface area contributed by atoms with Gasteiger partial charge in [-0.15, -0.1) is 0 Å². The number of ether oxygens (including phenoxy) is 1. The quantitative estimate of drug-likeness (QED) is 0.898. The normalized spacial score (nSPS) is 11.4. The summed E-state index contributed by atoms with van der Waals surface area (Å²) >= 11 is 3.27. The maximum Gasteiger partial charge on any atom is 0.241 e. The zero-order valence-corrected chi connectivity index (χ0v) is 14.2. The number of halogens is 1. The number of benzene rings is 2. The van der Waals surface area contributed by atoms with Crippen molar-refractivity contribution in [1.82, 2.24) is 0 Å². The van der Waals surface area contributed by atoms with Gasteiger partial charge in [0.15, 0.2) is 0 Å². The molecule has 0 heterocycles. The Morgan fingerprint density at radius 2 is 1.81 bits per heavy atom. The third-order valence-corrected chi connectivity index (χ3v) is 4.52. The van der Waals surface area contributed by atoms with Crippen molar-refractivity contribution < 1.29 is 13.2 Å². The number of hydrogen-bond donors (Lipinski definition) is 1. The molecule has 0 aliphatic heterocycles. The summed E-state index contributed by atoms with van der Waals surface area (Å²) in [5.41, 5.74) is 2.80. The summed E-state index contributed by atoms with van der Waals surface area (Å²) in [5, 5.41) is 5.27. The van der Waals surface area contributed by atoms with Gasteiger partial charge in [0, 0.05) is 4.47 Å². The topological polar surface area (TPSA) is 69.4 Å². The first-order valence-electron chi connectivity index (χ1n) is 6.29. The van der Waals surface area contributed by atoms with Crippen LogP contribution in [0.15, 0.2) is 45.8 Å². The van der Waals surface area contributed by atoms with Crippen LogP contribution < -0.4 is 9.88 Å². The molecule has 0 aliphatic rings. The lowest BCUT2D eigenvalue weighted by Gasteiger charge is -2.14. The zero-order valence-electron chi connectivity index (χ0n) is 11.8. The average Bonchev–Trinajstić information content (AvgIpc) is 2.37. The number of primary sulfonamides is 1. The second kappa shape index (κ2) is 6.17. The Hall–Kier alpha value is -1.37. The molecule has 0 amide bonds. The second-order valence-corrected chi connectivity index (χ2v) is 7.26. The van der Waals surface area contributed by atoms with Gasteiger partial charge in [0.25, 0.3) is 0 Å². The minimum absolute atomic E-state index is 0.0111. The Balaban J connectivity index is 2.39. The lowest BCUT2D eigenvalue weighted by atomic mass is 10.1. The van der Waals surface area contributed by atoms with Crippen LogP contribution in [0, 0.1) is 13.8 Å². The third-order valence-electron chi connectivity index (χ3n) is 3.15. The van der Waals surface area contributed by atoms with Crippen LogP contribution >= 0.6 is 15.9 Å². The summed E-state index contributed by atoms with van der Waals surface area (Å²) < 4.78 is 29.8. The van der Waals surface area contributed by atoms with Crippen LogP contribution in [0.5, 0.6) is 5.75 Å². The van der Waals surface area contributed by atoms with E-state index < -0.39 is 10.0 Å². The summed E-state index contributed by atoms with van der Waals surface area (Å²) in [7, 11) is -3.85. The minimum atomic E-state index is -3.85. The molecule has 6 heteroatoms. The lowest BCUT2D eigenvalue weighted by Crippen LogP contribution is -2.15. The Morgan fingerprint density at radius 3 is 2.43 bits per heavy atom. The van der Waals surface area contributed by atoms with Crippen LogP contribution in [0.4, 0.5) is 0 Å². The molecule has 0 bridgehead atoms. The molecule has 0 unspecified atom stereocenters. The molecule has 0 spiro atoms. The Morgan fingerprint density at radius 1 is 1.14 bits per heavy atom. The van der Waals surface area contributed by atoms with Gasteiger partial charge in [-0.05, 0) is 42.7 Å². The predicted octanol–water partition coefficient (Wildman–Crippen LogP) is 3.29. The van der Waals surface area contributed by atoms with Crippen LogP contribution in [-0.4, -0.2) is 8.42 Å². The highest BCUT2D eigenvalue weighted by molar-refractivity contribution is 9.10. The summed E-state index contributed by atoms with van der Waals surface area (Å²) in [5.74, 6) is 0.295. The van der Waals surface area contributed by atoms with Crippen LogP contribution in [0.3, 0.4) is 0 Å². The fourth-order valence-corrected chi connectivity index (χ4v) is 3.51. The number of sulfonamides is 1. The van der Waals surface area contributed by atoms with Crippen molar-refractivity contribution in [2.45, 2.75) is 25.3 Å². The smallest absolute Gasteiger partial charge is 0.241 e. The standard InChI is InChI=1S/C15H16BrNO3S/c1-10-5-3-4-6-12(10)9-20-15-11(2)7-13(16)8-14(15)21(17,18)19/h3-8H,9H2,1-2H3,(H2,17,18,19). The Bertz CT molecular complexity index is 772. The van der Waals surface area contributed by atoms with Crippen LogP contribution in [0.25, 0.3) is 0 Å². The van der Waals surface area contributed by atoms with Crippen molar-refractivity contribution in [3.05, 3.63) is 57.6 Å². The van der Waals surface area contributed by atoms with Gasteiger partial charge in [-0.3, -0.25) is 0 Å².